The number of nitrogens with one attached hydrogen (secondary N) is 1. The van der Waals surface area contributed by atoms with Gasteiger partial charge >= 0.3 is 6.03 Å². The molecule has 60 valence electrons. The van der Waals surface area contributed by atoms with Gasteiger partial charge in [-0.2, -0.15) is 0 Å². The monoisotopic (exact) mass is 146 g/mol. The second kappa shape index (κ2) is 4.11. The summed E-state index contributed by atoms with van der Waals surface area (Å²) >= 11 is 0. The molecule has 1 atom stereocenters. The highest BCUT2D eigenvalue weighted by molar-refractivity contribution is 5.72. The number of hydrogen-bond acceptors (Lipinski definition) is 2. The Morgan fingerprint density at radius 1 is 1.80 bits per heavy atom. The van der Waals surface area contributed by atoms with Crippen molar-refractivity contribution < 1.29 is 10.0 Å². The van der Waals surface area contributed by atoms with Crippen molar-refractivity contribution in [3.05, 3.63) is 0 Å². The maximum atomic E-state index is 10.7. The lowest BCUT2D eigenvalue weighted by molar-refractivity contribution is -0.0192. The van der Waals surface area contributed by atoms with Crippen molar-refractivity contribution >= 4 is 6.03 Å². The van der Waals surface area contributed by atoms with Gasteiger partial charge in [0.25, 0.3) is 0 Å². The van der Waals surface area contributed by atoms with Crippen molar-refractivity contribution in [2.45, 2.75) is 26.3 Å². The number of amides is 2. The van der Waals surface area contributed by atoms with Crippen LogP contribution in [0.3, 0.4) is 0 Å². The summed E-state index contributed by atoms with van der Waals surface area (Å²) in [6.07, 6.45) is 0.861. The molecular formula is C6H14N2O2. The Hall–Kier alpha value is -0.770. The van der Waals surface area contributed by atoms with Gasteiger partial charge in [0.15, 0.2) is 0 Å². The molecule has 0 aromatic carbocycles. The topological polar surface area (TPSA) is 52.6 Å². The van der Waals surface area contributed by atoms with E-state index in [2.05, 4.69) is 5.32 Å². The Balaban J connectivity index is 3.57. The van der Waals surface area contributed by atoms with E-state index in [1.807, 2.05) is 13.8 Å². The first kappa shape index (κ1) is 9.23. The van der Waals surface area contributed by atoms with Gasteiger partial charge in [0.05, 0.1) is 0 Å². The van der Waals surface area contributed by atoms with Crippen molar-refractivity contribution in [3.63, 3.8) is 0 Å². The molecule has 0 saturated carbocycles. The highest BCUT2D eigenvalue weighted by Crippen LogP contribution is 1.88. The number of rotatable bonds is 2. The zero-order valence-electron chi connectivity index (χ0n) is 6.59. The molecule has 0 heterocycles. The van der Waals surface area contributed by atoms with E-state index >= 15 is 0 Å². The number of carbonyl (C=O) groups is 1. The van der Waals surface area contributed by atoms with Crippen LogP contribution in [0.5, 0.6) is 0 Å². The van der Waals surface area contributed by atoms with Gasteiger partial charge in [0, 0.05) is 13.1 Å². The predicted octanol–water partition coefficient (Wildman–Crippen LogP) is 0.816. The maximum absolute atomic E-state index is 10.7. The lowest BCUT2D eigenvalue weighted by Gasteiger charge is -2.14. The minimum Gasteiger partial charge on any atom is -0.334 e. The van der Waals surface area contributed by atoms with Gasteiger partial charge in [-0.1, -0.05) is 6.92 Å². The Morgan fingerprint density at radius 2 is 2.30 bits per heavy atom. The van der Waals surface area contributed by atoms with Crippen LogP contribution in [0.2, 0.25) is 0 Å². The van der Waals surface area contributed by atoms with Crippen LogP contribution in [-0.2, 0) is 0 Å². The van der Waals surface area contributed by atoms with E-state index in [1.54, 1.807) is 0 Å². The summed E-state index contributed by atoms with van der Waals surface area (Å²) < 4.78 is 0. The van der Waals surface area contributed by atoms with Crippen LogP contribution in [0.15, 0.2) is 0 Å². The molecule has 10 heavy (non-hydrogen) atoms. The fourth-order valence-corrected chi connectivity index (χ4v) is 0.406. The lowest BCUT2D eigenvalue weighted by atomic mass is 10.3. The van der Waals surface area contributed by atoms with Crippen molar-refractivity contribution in [1.29, 1.82) is 0 Å². The van der Waals surface area contributed by atoms with Crippen LogP contribution in [0, 0.1) is 0 Å². The summed E-state index contributed by atoms with van der Waals surface area (Å²) in [5, 5.41) is 11.7. The molecule has 0 aliphatic carbocycles. The molecular weight excluding hydrogens is 132 g/mol. The van der Waals surface area contributed by atoms with Gasteiger partial charge in [0.1, 0.15) is 0 Å². The third-order valence-corrected chi connectivity index (χ3v) is 1.28. The number of hydrogen-bond donors (Lipinski definition) is 2. The van der Waals surface area contributed by atoms with Crippen LogP contribution in [-0.4, -0.2) is 29.4 Å². The normalized spacial score (nSPS) is 12.4. The SMILES string of the molecule is CCC(C)NC(=O)N(C)O. The number of nitrogens with zero attached hydrogens (tertiary/aromatic N) is 1. The van der Waals surface area contributed by atoms with Crippen LogP contribution < -0.4 is 5.32 Å². The summed E-state index contributed by atoms with van der Waals surface area (Å²) in [5.74, 6) is 0. The fourth-order valence-electron chi connectivity index (χ4n) is 0.406. The van der Waals surface area contributed by atoms with Gasteiger partial charge in [-0.3, -0.25) is 5.21 Å². The molecule has 0 rings (SSSR count). The first-order chi connectivity index (χ1) is 4.57. The van der Waals surface area contributed by atoms with E-state index < -0.39 is 6.03 Å². The molecule has 4 heteroatoms. The second-order valence-electron chi connectivity index (χ2n) is 2.28. The molecule has 2 N–H and O–H groups in total. The third-order valence-electron chi connectivity index (χ3n) is 1.28. The highest BCUT2D eigenvalue weighted by Gasteiger charge is 2.06. The van der Waals surface area contributed by atoms with Crippen molar-refractivity contribution in [2.24, 2.45) is 0 Å². The Morgan fingerprint density at radius 3 is 2.60 bits per heavy atom. The average molecular weight is 146 g/mol. The van der Waals surface area contributed by atoms with E-state index in [-0.39, 0.29) is 6.04 Å². The van der Waals surface area contributed by atoms with Crippen molar-refractivity contribution in [1.82, 2.24) is 10.4 Å². The maximum Gasteiger partial charge on any atom is 0.341 e. The summed E-state index contributed by atoms with van der Waals surface area (Å²) in [6.45, 7) is 3.84. The Kier molecular flexibility index (Phi) is 3.79. The molecule has 0 radical (unpaired) electrons. The molecule has 4 nitrogen and oxygen atoms in total. The minimum absolute atomic E-state index is 0.113. The first-order valence-electron chi connectivity index (χ1n) is 3.31. The Bertz CT molecular complexity index is 114. The Labute approximate surface area is 60.8 Å². The molecule has 0 spiro atoms. The van der Waals surface area contributed by atoms with Crippen LogP contribution in [0.25, 0.3) is 0 Å². The fraction of sp³-hybridized carbons (Fsp3) is 0.833. The predicted molar refractivity (Wildman–Crippen MR) is 37.8 cm³/mol. The average Bonchev–Trinajstić information content (AvgIpc) is 1.87. The molecule has 0 saturated heterocycles. The molecule has 1 unspecified atom stereocenters. The van der Waals surface area contributed by atoms with Crippen molar-refractivity contribution in [3.8, 4) is 0 Å². The number of hydroxylamine groups is 2. The van der Waals surface area contributed by atoms with E-state index in [4.69, 9.17) is 5.21 Å². The second-order valence-corrected chi connectivity index (χ2v) is 2.28. The summed E-state index contributed by atoms with van der Waals surface area (Å²) in [7, 11) is 1.29. The van der Waals surface area contributed by atoms with E-state index in [0.29, 0.717) is 5.06 Å². The first-order valence-corrected chi connectivity index (χ1v) is 3.31. The summed E-state index contributed by atoms with van der Waals surface area (Å²) in [6, 6.07) is -0.351. The molecule has 2 amide bonds. The lowest BCUT2D eigenvalue weighted by Crippen LogP contribution is -2.39. The van der Waals surface area contributed by atoms with E-state index in [0.717, 1.165) is 6.42 Å². The highest BCUT2D eigenvalue weighted by atomic mass is 16.5. The molecule has 0 aliphatic rings. The van der Waals surface area contributed by atoms with Gasteiger partial charge in [0.2, 0.25) is 0 Å². The molecule has 0 aliphatic heterocycles. The zero-order valence-corrected chi connectivity index (χ0v) is 6.59. The van der Waals surface area contributed by atoms with Gasteiger partial charge < -0.3 is 5.32 Å². The zero-order chi connectivity index (χ0) is 8.15. The van der Waals surface area contributed by atoms with E-state index in [9.17, 15) is 4.79 Å². The van der Waals surface area contributed by atoms with E-state index in [1.165, 1.54) is 7.05 Å². The summed E-state index contributed by atoms with van der Waals surface area (Å²) in [5.41, 5.74) is 0. The number of carbonyl (C=O) groups excluding carboxylic acids is 1. The number of urea groups is 1. The smallest absolute Gasteiger partial charge is 0.334 e. The largest absolute Gasteiger partial charge is 0.341 e. The standard InChI is InChI=1S/C6H14N2O2/c1-4-5(2)7-6(9)8(3)10/h5,10H,4H2,1-3H3,(H,7,9). The van der Waals surface area contributed by atoms with Crippen molar-refractivity contribution in [2.75, 3.05) is 7.05 Å². The third kappa shape index (κ3) is 3.29. The van der Waals surface area contributed by atoms with Crippen LogP contribution in [0.1, 0.15) is 20.3 Å². The van der Waals surface area contributed by atoms with Gasteiger partial charge in [-0.05, 0) is 13.3 Å². The molecule has 0 fully saturated rings. The van der Waals surface area contributed by atoms with Crippen LogP contribution in [0.4, 0.5) is 4.79 Å². The summed E-state index contributed by atoms with van der Waals surface area (Å²) in [4.78, 5) is 10.7. The van der Waals surface area contributed by atoms with Gasteiger partial charge in [-0.15, -0.1) is 0 Å². The molecule has 0 aromatic heterocycles. The molecule has 0 aromatic rings. The molecule has 0 bridgehead atoms. The quantitative estimate of drug-likeness (QED) is 0.447. The minimum atomic E-state index is -0.464. The van der Waals surface area contributed by atoms with Crippen LogP contribution >= 0.6 is 0 Å². The van der Waals surface area contributed by atoms with Gasteiger partial charge in [-0.25, -0.2) is 9.86 Å².